The Hall–Kier alpha value is -2.92. The minimum absolute atomic E-state index is 0.159. The third kappa shape index (κ3) is 3.85. The lowest BCUT2D eigenvalue weighted by molar-refractivity contribution is 0.0949. The van der Waals surface area contributed by atoms with Crippen molar-refractivity contribution in [3.05, 3.63) is 88.3 Å². The lowest BCUT2D eigenvalue weighted by atomic mass is 10.0. The summed E-state index contributed by atoms with van der Waals surface area (Å²) >= 11 is 3.49. The first-order valence-corrected chi connectivity index (χ1v) is 9.93. The zero-order valence-corrected chi connectivity index (χ0v) is 17.0. The number of nitrogens with zero attached hydrogens (tertiary/aromatic N) is 1. The number of furan rings is 1. The predicted molar refractivity (Wildman–Crippen MR) is 114 cm³/mol. The second-order valence-electron chi connectivity index (χ2n) is 6.53. The lowest BCUT2D eigenvalue weighted by Gasteiger charge is -2.11. The first-order valence-electron chi connectivity index (χ1n) is 9.14. The summed E-state index contributed by atoms with van der Waals surface area (Å²) in [6, 6.07) is 19.6. The molecule has 0 fully saturated rings. The topological polar surface area (TPSA) is 55.1 Å². The fourth-order valence-corrected chi connectivity index (χ4v) is 3.48. The van der Waals surface area contributed by atoms with Gasteiger partial charge in [-0.2, -0.15) is 0 Å². The van der Waals surface area contributed by atoms with E-state index >= 15 is 0 Å². The van der Waals surface area contributed by atoms with Gasteiger partial charge in [0, 0.05) is 15.4 Å². The Balaban J connectivity index is 1.75. The Kier molecular flexibility index (Phi) is 5.26. The molecule has 2 aromatic heterocycles. The Labute approximate surface area is 171 Å². The maximum atomic E-state index is 13.0. The molecule has 0 spiro atoms. The second-order valence-corrected chi connectivity index (χ2v) is 7.44. The number of amides is 1. The minimum Gasteiger partial charge on any atom is -0.467 e. The molecule has 0 unspecified atom stereocenters. The number of rotatable bonds is 5. The van der Waals surface area contributed by atoms with Gasteiger partial charge in [-0.3, -0.25) is 4.79 Å². The molecule has 0 radical (unpaired) electrons. The van der Waals surface area contributed by atoms with Gasteiger partial charge in [0.15, 0.2) is 0 Å². The number of aromatic nitrogens is 1. The summed E-state index contributed by atoms with van der Waals surface area (Å²) in [5.74, 6) is 0.552. The smallest absolute Gasteiger partial charge is 0.252 e. The summed E-state index contributed by atoms with van der Waals surface area (Å²) < 4.78 is 6.21. The normalized spacial score (nSPS) is 10.9. The standard InChI is InChI=1S/C23H19BrN2O2/c1-2-15-5-7-16(8-6-15)22-13-20(19-12-17(24)9-10-21(19)26-22)23(27)25-14-18-4-3-11-28-18/h3-13H,2,14H2,1H3,(H,25,27). The minimum atomic E-state index is -0.159. The summed E-state index contributed by atoms with van der Waals surface area (Å²) in [7, 11) is 0. The van der Waals surface area contributed by atoms with Crippen LogP contribution in [0.3, 0.4) is 0 Å². The van der Waals surface area contributed by atoms with Crippen molar-refractivity contribution >= 4 is 32.7 Å². The van der Waals surface area contributed by atoms with Crippen LogP contribution in [0.15, 0.2) is 75.8 Å². The average Bonchev–Trinajstić information content (AvgIpc) is 3.25. The maximum absolute atomic E-state index is 13.0. The third-order valence-electron chi connectivity index (χ3n) is 4.68. The molecule has 2 aromatic carbocycles. The van der Waals surface area contributed by atoms with Crippen molar-refractivity contribution < 1.29 is 9.21 Å². The molecule has 0 aliphatic heterocycles. The van der Waals surface area contributed by atoms with Gasteiger partial charge in [0.25, 0.3) is 5.91 Å². The Morgan fingerprint density at radius 2 is 1.93 bits per heavy atom. The predicted octanol–water partition coefficient (Wildman–Crippen LogP) is 5.75. The number of hydrogen-bond donors (Lipinski definition) is 1. The number of hydrogen-bond acceptors (Lipinski definition) is 3. The zero-order chi connectivity index (χ0) is 19.5. The number of carbonyl (C=O) groups excluding carboxylic acids is 1. The molecule has 140 valence electrons. The molecule has 28 heavy (non-hydrogen) atoms. The van der Waals surface area contributed by atoms with Crippen LogP contribution in [0.25, 0.3) is 22.2 Å². The summed E-state index contributed by atoms with van der Waals surface area (Å²) in [4.78, 5) is 17.7. The van der Waals surface area contributed by atoms with E-state index < -0.39 is 0 Å². The Morgan fingerprint density at radius 1 is 1.11 bits per heavy atom. The van der Waals surface area contributed by atoms with Crippen LogP contribution in [0.1, 0.15) is 28.6 Å². The van der Waals surface area contributed by atoms with Gasteiger partial charge in [-0.1, -0.05) is 47.1 Å². The van der Waals surface area contributed by atoms with Crippen LogP contribution in [-0.4, -0.2) is 10.9 Å². The Morgan fingerprint density at radius 3 is 2.64 bits per heavy atom. The highest BCUT2D eigenvalue weighted by Gasteiger charge is 2.15. The van der Waals surface area contributed by atoms with Crippen molar-refractivity contribution in [3.63, 3.8) is 0 Å². The number of aryl methyl sites for hydroxylation is 1. The fraction of sp³-hybridized carbons (Fsp3) is 0.130. The molecule has 4 aromatic rings. The van der Waals surface area contributed by atoms with Gasteiger partial charge in [0.1, 0.15) is 5.76 Å². The molecule has 4 rings (SSSR count). The number of pyridine rings is 1. The molecule has 0 aliphatic carbocycles. The van der Waals surface area contributed by atoms with Crippen LogP contribution in [0.2, 0.25) is 0 Å². The number of benzene rings is 2. The van der Waals surface area contributed by atoms with Crippen LogP contribution < -0.4 is 5.32 Å². The van der Waals surface area contributed by atoms with Crippen molar-refractivity contribution in [2.24, 2.45) is 0 Å². The van der Waals surface area contributed by atoms with Crippen LogP contribution in [-0.2, 0) is 13.0 Å². The van der Waals surface area contributed by atoms with Crippen molar-refractivity contribution in [1.82, 2.24) is 10.3 Å². The van der Waals surface area contributed by atoms with Gasteiger partial charge in [-0.05, 0) is 48.4 Å². The van der Waals surface area contributed by atoms with Crippen molar-refractivity contribution in [2.75, 3.05) is 0 Å². The van der Waals surface area contributed by atoms with Crippen molar-refractivity contribution in [3.8, 4) is 11.3 Å². The van der Waals surface area contributed by atoms with Gasteiger partial charge >= 0.3 is 0 Å². The molecule has 0 saturated carbocycles. The van der Waals surface area contributed by atoms with E-state index in [0.717, 1.165) is 33.1 Å². The lowest BCUT2D eigenvalue weighted by Crippen LogP contribution is -2.23. The summed E-state index contributed by atoms with van der Waals surface area (Å²) in [5.41, 5.74) is 4.41. The molecule has 1 amide bonds. The third-order valence-corrected chi connectivity index (χ3v) is 5.17. The highest BCUT2D eigenvalue weighted by atomic mass is 79.9. The van der Waals surface area contributed by atoms with Gasteiger partial charge in [-0.25, -0.2) is 4.98 Å². The van der Waals surface area contributed by atoms with Crippen LogP contribution in [0, 0.1) is 0 Å². The van der Waals surface area contributed by atoms with E-state index in [1.165, 1.54) is 5.56 Å². The molecule has 2 heterocycles. The Bertz CT molecular complexity index is 1120. The second kappa shape index (κ2) is 7.98. The average molecular weight is 435 g/mol. The largest absolute Gasteiger partial charge is 0.467 e. The van der Waals surface area contributed by atoms with Crippen LogP contribution >= 0.6 is 15.9 Å². The highest BCUT2D eigenvalue weighted by molar-refractivity contribution is 9.10. The number of halogens is 1. The van der Waals surface area contributed by atoms with Gasteiger partial charge in [0.05, 0.1) is 29.6 Å². The molecule has 0 atom stereocenters. The highest BCUT2D eigenvalue weighted by Crippen LogP contribution is 2.27. The summed E-state index contributed by atoms with van der Waals surface area (Å²) in [6.45, 7) is 2.47. The SMILES string of the molecule is CCc1ccc(-c2cc(C(=O)NCc3ccco3)c3cc(Br)ccc3n2)cc1. The molecule has 0 bridgehead atoms. The fourth-order valence-electron chi connectivity index (χ4n) is 3.12. The van der Waals surface area contributed by atoms with E-state index in [1.807, 2.05) is 30.3 Å². The molecule has 0 saturated heterocycles. The number of nitrogens with one attached hydrogen (secondary N) is 1. The van der Waals surface area contributed by atoms with Gasteiger partial charge in [0.2, 0.25) is 0 Å². The molecule has 0 aliphatic rings. The van der Waals surface area contributed by atoms with E-state index in [4.69, 9.17) is 9.40 Å². The quantitative estimate of drug-likeness (QED) is 0.434. The summed E-state index contributed by atoms with van der Waals surface area (Å²) in [5, 5.41) is 3.74. The molecular weight excluding hydrogens is 416 g/mol. The van der Waals surface area contributed by atoms with Crippen LogP contribution in [0.5, 0.6) is 0 Å². The van der Waals surface area contributed by atoms with Crippen LogP contribution in [0.4, 0.5) is 0 Å². The van der Waals surface area contributed by atoms with E-state index in [2.05, 4.69) is 52.4 Å². The first-order chi connectivity index (χ1) is 13.6. The maximum Gasteiger partial charge on any atom is 0.252 e. The first kappa shape index (κ1) is 18.4. The van der Waals surface area contributed by atoms with Crippen molar-refractivity contribution in [1.29, 1.82) is 0 Å². The van der Waals surface area contributed by atoms with E-state index in [9.17, 15) is 4.79 Å². The van der Waals surface area contributed by atoms with Gasteiger partial charge in [-0.15, -0.1) is 0 Å². The molecule has 1 N–H and O–H groups in total. The van der Waals surface area contributed by atoms with E-state index in [1.54, 1.807) is 12.3 Å². The molecule has 5 heteroatoms. The van der Waals surface area contributed by atoms with E-state index in [0.29, 0.717) is 17.9 Å². The summed E-state index contributed by atoms with van der Waals surface area (Å²) in [6.07, 6.45) is 2.58. The molecular formula is C23H19BrN2O2. The zero-order valence-electron chi connectivity index (χ0n) is 15.4. The number of fused-ring (bicyclic) bond motifs is 1. The van der Waals surface area contributed by atoms with E-state index in [-0.39, 0.29) is 5.91 Å². The molecule has 4 nitrogen and oxygen atoms in total. The van der Waals surface area contributed by atoms with Crippen molar-refractivity contribution in [2.45, 2.75) is 19.9 Å². The monoisotopic (exact) mass is 434 g/mol. The van der Waals surface area contributed by atoms with Gasteiger partial charge < -0.3 is 9.73 Å². The number of carbonyl (C=O) groups is 1.